The van der Waals surface area contributed by atoms with Crippen molar-refractivity contribution in [1.82, 2.24) is 0 Å². The lowest BCUT2D eigenvalue weighted by atomic mass is 10.1. The molecule has 0 aliphatic heterocycles. The molecule has 0 spiro atoms. The molecule has 6 heteroatoms. The van der Waals surface area contributed by atoms with Crippen LogP contribution in [0.2, 0.25) is 0 Å². The third kappa shape index (κ3) is 3.44. The van der Waals surface area contributed by atoms with Gasteiger partial charge in [0.15, 0.2) is 0 Å². The number of halogens is 2. The van der Waals surface area contributed by atoms with Crippen molar-refractivity contribution >= 4 is 34.0 Å². The number of nitrogens with zero attached hydrogens (tertiary/aromatic N) is 1. The topological polar surface area (TPSA) is 55.2 Å². The monoisotopic (exact) mass is 386 g/mol. The summed E-state index contributed by atoms with van der Waals surface area (Å²) in [6, 6.07) is 10.2. The number of benzene rings is 2. The van der Waals surface area contributed by atoms with Crippen LogP contribution in [0.25, 0.3) is 0 Å². The molecule has 0 saturated heterocycles. The Morgan fingerprint density at radius 3 is 2.55 bits per heavy atom. The Labute approximate surface area is 129 Å². The molecule has 0 aliphatic rings. The lowest BCUT2D eigenvalue weighted by Crippen LogP contribution is -2.04. The van der Waals surface area contributed by atoms with Crippen LogP contribution >= 0.6 is 22.6 Å². The van der Waals surface area contributed by atoms with Gasteiger partial charge < -0.3 is 5.32 Å². The Morgan fingerprint density at radius 2 is 1.95 bits per heavy atom. The molecule has 104 valence electrons. The first-order chi connectivity index (χ1) is 9.47. The van der Waals surface area contributed by atoms with Gasteiger partial charge in [-0.15, -0.1) is 0 Å². The van der Waals surface area contributed by atoms with Gasteiger partial charge in [-0.2, -0.15) is 0 Å². The smallest absolute Gasteiger partial charge is 0.293 e. The minimum Gasteiger partial charge on any atom is -0.375 e. The Hall–Kier alpha value is -1.70. The van der Waals surface area contributed by atoms with Crippen LogP contribution in [-0.2, 0) is 6.54 Å². The zero-order valence-corrected chi connectivity index (χ0v) is 12.8. The van der Waals surface area contributed by atoms with E-state index in [4.69, 9.17) is 0 Å². The Kier molecular flexibility index (Phi) is 4.53. The number of nitro groups is 1. The van der Waals surface area contributed by atoms with E-state index in [1.165, 1.54) is 6.07 Å². The summed E-state index contributed by atoms with van der Waals surface area (Å²) in [5.41, 5.74) is 2.18. The molecule has 2 aromatic carbocycles. The van der Waals surface area contributed by atoms with Crippen LogP contribution in [0.15, 0.2) is 36.4 Å². The number of aryl methyl sites for hydroxylation is 1. The lowest BCUT2D eigenvalue weighted by molar-refractivity contribution is -0.384. The number of rotatable bonds is 4. The van der Waals surface area contributed by atoms with Gasteiger partial charge in [0.1, 0.15) is 11.5 Å². The van der Waals surface area contributed by atoms with E-state index in [1.807, 2.05) is 31.2 Å². The van der Waals surface area contributed by atoms with E-state index in [9.17, 15) is 14.5 Å². The van der Waals surface area contributed by atoms with E-state index in [2.05, 4.69) is 5.32 Å². The van der Waals surface area contributed by atoms with E-state index < -0.39 is 10.7 Å². The molecule has 1 N–H and O–H groups in total. The number of hydrogen-bond acceptors (Lipinski definition) is 3. The quantitative estimate of drug-likeness (QED) is 0.486. The molecule has 20 heavy (non-hydrogen) atoms. The summed E-state index contributed by atoms with van der Waals surface area (Å²) < 4.78 is 13.8. The number of hydrogen-bond donors (Lipinski definition) is 1. The van der Waals surface area contributed by atoms with E-state index in [1.54, 1.807) is 22.6 Å². The normalized spacial score (nSPS) is 10.3. The highest BCUT2D eigenvalue weighted by atomic mass is 127. The predicted octanol–water partition coefficient (Wildman–Crippen LogP) is 4.26. The molecule has 0 aromatic heterocycles. The molecule has 0 fully saturated rings. The van der Waals surface area contributed by atoms with Gasteiger partial charge in [-0.1, -0.05) is 29.8 Å². The summed E-state index contributed by atoms with van der Waals surface area (Å²) in [4.78, 5) is 10.5. The van der Waals surface area contributed by atoms with Gasteiger partial charge in [0.05, 0.1) is 8.49 Å². The van der Waals surface area contributed by atoms with Gasteiger partial charge in [0, 0.05) is 18.7 Å². The Balaban J connectivity index is 2.22. The second-order valence-electron chi connectivity index (χ2n) is 4.38. The van der Waals surface area contributed by atoms with Gasteiger partial charge >= 0.3 is 0 Å². The number of anilines is 1. The molecule has 4 nitrogen and oxygen atoms in total. The third-order valence-electron chi connectivity index (χ3n) is 2.84. The molecule has 0 amide bonds. The fraction of sp³-hybridized carbons (Fsp3) is 0.143. The van der Waals surface area contributed by atoms with E-state index in [0.717, 1.165) is 17.2 Å². The van der Waals surface area contributed by atoms with Crippen molar-refractivity contribution in [3.63, 3.8) is 0 Å². The highest BCUT2D eigenvalue weighted by molar-refractivity contribution is 14.1. The zero-order valence-electron chi connectivity index (χ0n) is 10.7. The molecule has 0 heterocycles. The average molecular weight is 386 g/mol. The zero-order chi connectivity index (χ0) is 14.7. The van der Waals surface area contributed by atoms with Crippen LogP contribution in [0.5, 0.6) is 0 Å². The molecule has 0 saturated carbocycles. The Morgan fingerprint density at radius 1 is 1.30 bits per heavy atom. The van der Waals surface area contributed by atoms with Gasteiger partial charge in [0.2, 0.25) is 0 Å². The number of nitrogens with one attached hydrogen (secondary N) is 1. The summed E-state index contributed by atoms with van der Waals surface area (Å²) in [5, 5.41) is 13.9. The molecular formula is C14H12FIN2O2. The molecule has 0 bridgehead atoms. The standard InChI is InChI=1S/C14H12FIN2O2/c1-9-2-4-10(5-3-9)8-17-13-6-11(15)12(16)7-14(13)18(19)20/h2-7,17H,8H2,1H3. The molecule has 0 radical (unpaired) electrons. The average Bonchev–Trinajstić information content (AvgIpc) is 2.41. The van der Waals surface area contributed by atoms with Crippen LogP contribution in [0, 0.1) is 26.4 Å². The van der Waals surface area contributed by atoms with Crippen LogP contribution in [-0.4, -0.2) is 4.92 Å². The molecule has 0 unspecified atom stereocenters. The van der Waals surface area contributed by atoms with E-state index >= 15 is 0 Å². The minimum absolute atomic E-state index is 0.122. The maximum atomic E-state index is 13.5. The second kappa shape index (κ2) is 6.17. The highest BCUT2D eigenvalue weighted by Crippen LogP contribution is 2.29. The predicted molar refractivity (Wildman–Crippen MR) is 84.3 cm³/mol. The van der Waals surface area contributed by atoms with Crippen molar-refractivity contribution in [3.05, 3.63) is 67.0 Å². The van der Waals surface area contributed by atoms with Crippen LogP contribution in [0.1, 0.15) is 11.1 Å². The van der Waals surface area contributed by atoms with Crippen molar-refractivity contribution in [2.24, 2.45) is 0 Å². The van der Waals surface area contributed by atoms with Crippen molar-refractivity contribution in [2.75, 3.05) is 5.32 Å². The molecular weight excluding hydrogens is 374 g/mol. The number of nitro benzene ring substituents is 1. The fourth-order valence-electron chi connectivity index (χ4n) is 1.73. The lowest BCUT2D eigenvalue weighted by Gasteiger charge is -2.08. The second-order valence-corrected chi connectivity index (χ2v) is 5.54. The van der Waals surface area contributed by atoms with Gasteiger partial charge in [-0.25, -0.2) is 4.39 Å². The van der Waals surface area contributed by atoms with Gasteiger partial charge in [-0.3, -0.25) is 10.1 Å². The van der Waals surface area contributed by atoms with Crippen molar-refractivity contribution in [1.29, 1.82) is 0 Å². The maximum absolute atomic E-state index is 13.5. The minimum atomic E-state index is -0.515. The van der Waals surface area contributed by atoms with Crippen molar-refractivity contribution < 1.29 is 9.31 Å². The summed E-state index contributed by atoms with van der Waals surface area (Å²) in [6.07, 6.45) is 0. The first-order valence-corrected chi connectivity index (χ1v) is 6.98. The summed E-state index contributed by atoms with van der Waals surface area (Å²) in [7, 11) is 0. The van der Waals surface area contributed by atoms with Crippen LogP contribution in [0.3, 0.4) is 0 Å². The maximum Gasteiger partial charge on any atom is 0.293 e. The largest absolute Gasteiger partial charge is 0.375 e. The molecule has 0 aliphatic carbocycles. The summed E-state index contributed by atoms with van der Waals surface area (Å²) in [5.74, 6) is -0.470. The highest BCUT2D eigenvalue weighted by Gasteiger charge is 2.17. The molecule has 0 atom stereocenters. The third-order valence-corrected chi connectivity index (χ3v) is 3.67. The van der Waals surface area contributed by atoms with Gasteiger partial charge in [-0.05, 0) is 35.1 Å². The van der Waals surface area contributed by atoms with Crippen molar-refractivity contribution in [2.45, 2.75) is 13.5 Å². The first-order valence-electron chi connectivity index (χ1n) is 5.90. The summed E-state index contributed by atoms with van der Waals surface area (Å²) >= 11 is 1.74. The molecule has 2 aromatic rings. The summed E-state index contributed by atoms with van der Waals surface area (Å²) in [6.45, 7) is 2.39. The van der Waals surface area contributed by atoms with Crippen LogP contribution < -0.4 is 5.32 Å². The Bertz CT molecular complexity index is 644. The SMILES string of the molecule is Cc1ccc(CNc2cc(F)c(I)cc2[N+](=O)[O-])cc1. The van der Waals surface area contributed by atoms with Crippen LogP contribution in [0.4, 0.5) is 15.8 Å². The van der Waals surface area contributed by atoms with Gasteiger partial charge in [0.25, 0.3) is 5.69 Å². The van der Waals surface area contributed by atoms with E-state index in [-0.39, 0.29) is 14.9 Å². The van der Waals surface area contributed by atoms with Crippen molar-refractivity contribution in [3.8, 4) is 0 Å². The van der Waals surface area contributed by atoms with E-state index in [0.29, 0.717) is 6.54 Å². The fourth-order valence-corrected chi connectivity index (χ4v) is 2.18. The molecule has 2 rings (SSSR count). The first kappa shape index (κ1) is 14.7.